The number of hydrogen-bond acceptors (Lipinski definition) is 0. The van der Waals surface area contributed by atoms with Crippen LogP contribution in [0.5, 0.6) is 0 Å². The van der Waals surface area contributed by atoms with Crippen LogP contribution >= 0.6 is 11.6 Å². The molecule has 0 fully saturated rings. The van der Waals surface area contributed by atoms with E-state index in [0.717, 1.165) is 17.5 Å². The summed E-state index contributed by atoms with van der Waals surface area (Å²) in [6.45, 7) is 0. The van der Waals surface area contributed by atoms with Crippen molar-refractivity contribution in [2.45, 2.75) is 18.2 Å². The smallest absolute Gasteiger partial charge is 0.126 e. The van der Waals surface area contributed by atoms with Crippen LogP contribution in [0.15, 0.2) is 54.6 Å². The Bertz CT molecular complexity index is 467. The van der Waals surface area contributed by atoms with Crippen LogP contribution in [0.3, 0.4) is 0 Å². The molecule has 0 nitrogen and oxygen atoms in total. The minimum atomic E-state index is -0.149. The molecule has 1 atom stereocenters. The topological polar surface area (TPSA) is 0 Å². The summed E-state index contributed by atoms with van der Waals surface area (Å²) in [6, 6.07) is 16.7. The van der Waals surface area contributed by atoms with Crippen molar-refractivity contribution in [3.05, 3.63) is 71.5 Å². The molecule has 17 heavy (non-hydrogen) atoms. The lowest BCUT2D eigenvalue weighted by atomic mass is 10.0. The molecule has 0 aliphatic rings. The van der Waals surface area contributed by atoms with Gasteiger partial charge in [-0.3, -0.25) is 0 Å². The molecule has 2 aromatic carbocycles. The maximum atomic E-state index is 13.4. The van der Waals surface area contributed by atoms with E-state index < -0.39 is 0 Å². The van der Waals surface area contributed by atoms with Gasteiger partial charge in [0.05, 0.1) is 5.38 Å². The molecule has 2 heteroatoms. The van der Waals surface area contributed by atoms with Crippen molar-refractivity contribution in [1.29, 1.82) is 0 Å². The maximum Gasteiger partial charge on any atom is 0.126 e. The van der Waals surface area contributed by atoms with Crippen molar-refractivity contribution in [3.8, 4) is 0 Å². The van der Waals surface area contributed by atoms with Gasteiger partial charge in [0.1, 0.15) is 5.82 Å². The summed E-state index contributed by atoms with van der Waals surface area (Å²) in [6.07, 6.45) is 1.40. The fourth-order valence-electron chi connectivity index (χ4n) is 1.81. The predicted octanol–water partition coefficient (Wildman–Crippen LogP) is 4.74. The van der Waals surface area contributed by atoms with Gasteiger partial charge in [-0.15, -0.1) is 11.6 Å². The quantitative estimate of drug-likeness (QED) is 0.686. The molecule has 88 valence electrons. The van der Waals surface area contributed by atoms with Crippen molar-refractivity contribution >= 4 is 11.6 Å². The summed E-state index contributed by atoms with van der Waals surface area (Å²) in [5.74, 6) is -0.149. The van der Waals surface area contributed by atoms with Crippen molar-refractivity contribution < 1.29 is 4.39 Å². The molecule has 0 radical (unpaired) electrons. The summed E-state index contributed by atoms with van der Waals surface area (Å²) < 4.78 is 13.4. The lowest BCUT2D eigenvalue weighted by Gasteiger charge is -2.10. The van der Waals surface area contributed by atoms with E-state index in [1.807, 2.05) is 42.5 Å². The molecule has 0 bridgehead atoms. The molecule has 0 amide bonds. The molecule has 0 heterocycles. The van der Waals surface area contributed by atoms with Crippen LogP contribution in [-0.4, -0.2) is 0 Å². The van der Waals surface area contributed by atoms with E-state index in [0.29, 0.717) is 6.42 Å². The second-order valence-electron chi connectivity index (χ2n) is 4.01. The first-order valence-corrected chi connectivity index (χ1v) is 6.13. The molecule has 2 aromatic rings. The second-order valence-corrected chi connectivity index (χ2v) is 4.54. The Balaban J connectivity index is 1.97. The van der Waals surface area contributed by atoms with Crippen molar-refractivity contribution in [3.63, 3.8) is 0 Å². The fourth-order valence-corrected chi connectivity index (χ4v) is 2.07. The number of alkyl halides is 1. The summed E-state index contributed by atoms with van der Waals surface area (Å²) in [4.78, 5) is 0. The number of benzene rings is 2. The van der Waals surface area contributed by atoms with Gasteiger partial charge in [0, 0.05) is 0 Å². The highest BCUT2D eigenvalue weighted by Gasteiger charge is 2.09. The van der Waals surface area contributed by atoms with Crippen molar-refractivity contribution in [2.75, 3.05) is 0 Å². The molecule has 0 aliphatic carbocycles. The SMILES string of the molecule is Fc1ccccc1CCC(Cl)c1ccccc1. The van der Waals surface area contributed by atoms with Crippen LogP contribution in [-0.2, 0) is 6.42 Å². The van der Waals surface area contributed by atoms with E-state index in [4.69, 9.17) is 11.6 Å². The number of rotatable bonds is 4. The van der Waals surface area contributed by atoms with Gasteiger partial charge in [0.15, 0.2) is 0 Å². The Kier molecular flexibility index (Phi) is 4.16. The van der Waals surface area contributed by atoms with E-state index in [-0.39, 0.29) is 11.2 Å². The van der Waals surface area contributed by atoms with Gasteiger partial charge in [0.2, 0.25) is 0 Å². The molecule has 1 unspecified atom stereocenters. The van der Waals surface area contributed by atoms with Crippen molar-refractivity contribution in [1.82, 2.24) is 0 Å². The summed E-state index contributed by atoms with van der Waals surface area (Å²) >= 11 is 6.29. The Morgan fingerprint density at radius 3 is 2.29 bits per heavy atom. The zero-order valence-corrected chi connectivity index (χ0v) is 10.2. The van der Waals surface area contributed by atoms with Crippen molar-refractivity contribution in [2.24, 2.45) is 0 Å². The average Bonchev–Trinajstić information content (AvgIpc) is 2.38. The highest BCUT2D eigenvalue weighted by Crippen LogP contribution is 2.26. The van der Waals surface area contributed by atoms with Gasteiger partial charge in [-0.2, -0.15) is 0 Å². The summed E-state index contributed by atoms with van der Waals surface area (Å²) in [7, 11) is 0. The third kappa shape index (κ3) is 3.31. The molecule has 0 aliphatic heterocycles. The molecule has 0 spiro atoms. The third-order valence-electron chi connectivity index (χ3n) is 2.79. The average molecular weight is 249 g/mol. The molecule has 0 N–H and O–H groups in total. The highest BCUT2D eigenvalue weighted by atomic mass is 35.5. The van der Waals surface area contributed by atoms with Crippen LogP contribution < -0.4 is 0 Å². The summed E-state index contributed by atoms with van der Waals surface area (Å²) in [5, 5.41) is -0.0594. The minimum absolute atomic E-state index is 0.0594. The first-order chi connectivity index (χ1) is 8.27. The standard InChI is InChI=1S/C15H14ClF/c16-14(12-6-2-1-3-7-12)11-10-13-8-4-5-9-15(13)17/h1-9,14H,10-11H2. The van der Waals surface area contributed by atoms with Gasteiger partial charge in [0.25, 0.3) is 0 Å². The molecule has 0 saturated heterocycles. The second kappa shape index (κ2) is 5.83. The van der Waals surface area contributed by atoms with Gasteiger partial charge in [-0.25, -0.2) is 4.39 Å². The van der Waals surface area contributed by atoms with E-state index >= 15 is 0 Å². The molecule has 0 aromatic heterocycles. The van der Waals surface area contributed by atoms with Crippen LogP contribution in [0.1, 0.15) is 22.9 Å². The Hall–Kier alpha value is -1.34. The normalized spacial score (nSPS) is 12.4. The lowest BCUT2D eigenvalue weighted by molar-refractivity contribution is 0.603. The van der Waals surface area contributed by atoms with Crippen LogP contribution in [0.2, 0.25) is 0 Å². The molecular formula is C15H14ClF. The van der Waals surface area contributed by atoms with Gasteiger partial charge < -0.3 is 0 Å². The van der Waals surface area contributed by atoms with Gasteiger partial charge in [-0.05, 0) is 30.0 Å². The fraction of sp³-hybridized carbons (Fsp3) is 0.200. The van der Waals surface area contributed by atoms with Gasteiger partial charge >= 0.3 is 0 Å². The Labute approximate surface area is 106 Å². The number of aryl methyl sites for hydroxylation is 1. The Morgan fingerprint density at radius 2 is 1.59 bits per heavy atom. The van der Waals surface area contributed by atoms with Crippen LogP contribution in [0.4, 0.5) is 4.39 Å². The highest BCUT2D eigenvalue weighted by molar-refractivity contribution is 6.20. The molecular weight excluding hydrogens is 235 g/mol. The maximum absolute atomic E-state index is 13.4. The first kappa shape index (κ1) is 12.1. The number of halogens is 2. The summed E-state index contributed by atoms with van der Waals surface area (Å²) in [5.41, 5.74) is 1.82. The lowest BCUT2D eigenvalue weighted by Crippen LogP contribution is -1.96. The van der Waals surface area contributed by atoms with Crippen LogP contribution in [0.25, 0.3) is 0 Å². The van der Waals surface area contributed by atoms with Crippen LogP contribution in [0, 0.1) is 5.82 Å². The minimum Gasteiger partial charge on any atom is -0.207 e. The van der Waals surface area contributed by atoms with E-state index in [2.05, 4.69) is 0 Å². The third-order valence-corrected chi connectivity index (χ3v) is 3.26. The monoisotopic (exact) mass is 248 g/mol. The largest absolute Gasteiger partial charge is 0.207 e. The zero-order valence-electron chi connectivity index (χ0n) is 9.44. The first-order valence-electron chi connectivity index (χ1n) is 5.70. The molecule has 2 rings (SSSR count). The van der Waals surface area contributed by atoms with E-state index in [9.17, 15) is 4.39 Å². The molecule has 0 saturated carbocycles. The zero-order chi connectivity index (χ0) is 12.1. The van der Waals surface area contributed by atoms with E-state index in [1.165, 1.54) is 6.07 Å². The Morgan fingerprint density at radius 1 is 0.941 bits per heavy atom. The van der Waals surface area contributed by atoms with E-state index in [1.54, 1.807) is 6.07 Å². The number of hydrogen-bond donors (Lipinski definition) is 0. The predicted molar refractivity (Wildman–Crippen MR) is 69.8 cm³/mol. The van der Waals surface area contributed by atoms with Gasteiger partial charge in [-0.1, -0.05) is 48.5 Å².